The number of Topliss-reactive ketones (excluding diaryl/α,β-unsaturated/α-hetero) is 1. The Kier molecular flexibility index (Phi) is 3.89. The maximum Gasteiger partial charge on any atom is 0.178 e. The maximum atomic E-state index is 11.3. The Morgan fingerprint density at radius 1 is 1.69 bits per heavy atom. The van der Waals surface area contributed by atoms with Gasteiger partial charge in [0.1, 0.15) is 5.75 Å². The molecule has 0 saturated carbocycles. The third-order valence-electron chi connectivity index (χ3n) is 1.50. The van der Waals surface area contributed by atoms with Gasteiger partial charge in [-0.25, -0.2) is 0 Å². The summed E-state index contributed by atoms with van der Waals surface area (Å²) in [4.78, 5) is 15.2. The average Bonchev–Trinajstić information content (AvgIpc) is 2.18. The van der Waals surface area contributed by atoms with Crippen molar-refractivity contribution in [2.24, 2.45) is 0 Å². The highest BCUT2D eigenvalue weighted by molar-refractivity contribution is 9.09. The Morgan fingerprint density at radius 2 is 2.46 bits per heavy atom. The fourth-order valence-corrected chi connectivity index (χ4v) is 1.25. The molecule has 0 atom stereocenters. The molecule has 1 rings (SSSR count). The molecule has 4 heteroatoms. The molecule has 13 heavy (non-hydrogen) atoms. The average molecular weight is 244 g/mol. The van der Waals surface area contributed by atoms with Gasteiger partial charge in [0.2, 0.25) is 0 Å². The number of carbonyl (C=O) groups is 1. The first-order chi connectivity index (χ1) is 6.29. The van der Waals surface area contributed by atoms with Gasteiger partial charge < -0.3 is 4.74 Å². The van der Waals surface area contributed by atoms with Crippen molar-refractivity contribution in [3.05, 3.63) is 24.0 Å². The quantitative estimate of drug-likeness (QED) is 0.601. The molecule has 0 saturated heterocycles. The predicted octanol–water partition coefficient (Wildman–Crippen LogP) is 2.06. The van der Waals surface area contributed by atoms with E-state index in [4.69, 9.17) is 4.74 Å². The normalized spacial score (nSPS) is 9.69. The highest BCUT2D eigenvalue weighted by Gasteiger charge is 2.10. The molecule has 0 aromatic carbocycles. The van der Waals surface area contributed by atoms with Crippen LogP contribution in [0, 0.1) is 0 Å². The van der Waals surface area contributed by atoms with E-state index in [0.717, 1.165) is 0 Å². The van der Waals surface area contributed by atoms with Crippen LogP contribution in [0.15, 0.2) is 18.5 Å². The van der Waals surface area contributed by atoms with Crippen LogP contribution in [-0.4, -0.2) is 22.7 Å². The monoisotopic (exact) mass is 243 g/mol. The van der Waals surface area contributed by atoms with Crippen molar-refractivity contribution in [1.82, 2.24) is 4.98 Å². The number of rotatable bonds is 4. The largest absolute Gasteiger partial charge is 0.493 e. The third kappa shape index (κ3) is 2.52. The van der Waals surface area contributed by atoms with Gasteiger partial charge in [-0.3, -0.25) is 9.78 Å². The maximum absolute atomic E-state index is 11.3. The summed E-state index contributed by atoms with van der Waals surface area (Å²) in [6.07, 6.45) is 3.13. The first kappa shape index (κ1) is 10.2. The topological polar surface area (TPSA) is 39.2 Å². The van der Waals surface area contributed by atoms with Crippen molar-refractivity contribution >= 4 is 21.7 Å². The Morgan fingerprint density at radius 3 is 3.08 bits per heavy atom. The molecule has 0 aliphatic carbocycles. The molecule has 0 aliphatic heterocycles. The van der Waals surface area contributed by atoms with E-state index in [9.17, 15) is 4.79 Å². The van der Waals surface area contributed by atoms with Gasteiger partial charge in [-0.15, -0.1) is 0 Å². The fourth-order valence-electron chi connectivity index (χ4n) is 0.944. The van der Waals surface area contributed by atoms with E-state index in [-0.39, 0.29) is 5.78 Å². The van der Waals surface area contributed by atoms with Crippen molar-refractivity contribution in [2.45, 2.75) is 6.92 Å². The standard InChI is InChI=1S/C9H10BrNO2/c1-2-13-9-3-4-11-6-7(9)8(12)5-10/h3-4,6H,2,5H2,1H3. The second kappa shape index (κ2) is 4.97. The molecular formula is C9H10BrNO2. The SMILES string of the molecule is CCOc1ccncc1C(=O)CBr. The van der Waals surface area contributed by atoms with Crippen LogP contribution in [0.1, 0.15) is 17.3 Å². The molecule has 0 aliphatic rings. The van der Waals surface area contributed by atoms with Crippen LogP contribution in [-0.2, 0) is 0 Å². The van der Waals surface area contributed by atoms with E-state index in [0.29, 0.717) is 23.2 Å². The summed E-state index contributed by atoms with van der Waals surface area (Å²) in [5.74, 6) is 0.582. The summed E-state index contributed by atoms with van der Waals surface area (Å²) >= 11 is 3.10. The van der Waals surface area contributed by atoms with Crippen molar-refractivity contribution in [3.8, 4) is 5.75 Å². The van der Waals surface area contributed by atoms with Gasteiger partial charge >= 0.3 is 0 Å². The van der Waals surface area contributed by atoms with Crippen molar-refractivity contribution < 1.29 is 9.53 Å². The summed E-state index contributed by atoms with van der Waals surface area (Å²) < 4.78 is 5.28. The van der Waals surface area contributed by atoms with Crippen LogP contribution in [0.2, 0.25) is 0 Å². The second-order valence-corrected chi connectivity index (χ2v) is 2.92. The van der Waals surface area contributed by atoms with E-state index in [1.807, 2.05) is 6.92 Å². The zero-order valence-corrected chi connectivity index (χ0v) is 8.87. The van der Waals surface area contributed by atoms with E-state index in [1.54, 1.807) is 12.3 Å². The second-order valence-electron chi connectivity index (χ2n) is 2.36. The number of ketones is 1. The Labute approximate surface area is 85.3 Å². The smallest absolute Gasteiger partial charge is 0.178 e. The van der Waals surface area contributed by atoms with Crippen LogP contribution in [0.4, 0.5) is 0 Å². The number of ether oxygens (including phenoxy) is 1. The fraction of sp³-hybridized carbons (Fsp3) is 0.333. The molecule has 0 amide bonds. The van der Waals surface area contributed by atoms with Gasteiger partial charge in [-0.1, -0.05) is 15.9 Å². The molecule has 1 aromatic heterocycles. The number of halogens is 1. The summed E-state index contributed by atoms with van der Waals surface area (Å²) in [7, 11) is 0. The van der Waals surface area contributed by atoms with Gasteiger partial charge in [0.05, 0.1) is 17.5 Å². The highest BCUT2D eigenvalue weighted by atomic mass is 79.9. The van der Waals surface area contributed by atoms with E-state index in [2.05, 4.69) is 20.9 Å². The zero-order valence-electron chi connectivity index (χ0n) is 7.29. The number of hydrogen-bond acceptors (Lipinski definition) is 3. The summed E-state index contributed by atoms with van der Waals surface area (Å²) in [6, 6.07) is 1.69. The van der Waals surface area contributed by atoms with E-state index in [1.165, 1.54) is 6.20 Å². The predicted molar refractivity (Wildman–Crippen MR) is 53.5 cm³/mol. The zero-order chi connectivity index (χ0) is 9.68. The van der Waals surface area contributed by atoms with Crippen LogP contribution >= 0.6 is 15.9 Å². The number of pyridine rings is 1. The molecule has 0 fully saturated rings. The summed E-state index contributed by atoms with van der Waals surface area (Å²) in [5.41, 5.74) is 0.529. The summed E-state index contributed by atoms with van der Waals surface area (Å²) in [5, 5.41) is 0.290. The van der Waals surface area contributed by atoms with Gasteiger partial charge in [0.15, 0.2) is 5.78 Å². The molecule has 0 radical (unpaired) electrons. The van der Waals surface area contributed by atoms with Gasteiger partial charge in [0, 0.05) is 12.4 Å². The molecule has 1 heterocycles. The Balaban J connectivity index is 2.97. The number of aromatic nitrogens is 1. The van der Waals surface area contributed by atoms with Crippen molar-refractivity contribution in [1.29, 1.82) is 0 Å². The molecule has 3 nitrogen and oxygen atoms in total. The molecule has 0 bridgehead atoms. The lowest BCUT2D eigenvalue weighted by Crippen LogP contribution is -2.05. The third-order valence-corrected chi connectivity index (χ3v) is 2.01. The minimum absolute atomic E-state index is 0.0171. The first-order valence-electron chi connectivity index (χ1n) is 3.95. The lowest BCUT2D eigenvalue weighted by Gasteiger charge is -2.06. The number of alkyl halides is 1. The number of carbonyl (C=O) groups excluding carboxylic acids is 1. The molecule has 0 N–H and O–H groups in total. The summed E-state index contributed by atoms with van der Waals surface area (Å²) in [6.45, 7) is 2.43. The molecule has 0 unspecified atom stereocenters. The van der Waals surface area contributed by atoms with E-state index >= 15 is 0 Å². The molecular weight excluding hydrogens is 234 g/mol. The van der Waals surface area contributed by atoms with Crippen LogP contribution in [0.3, 0.4) is 0 Å². The Bertz CT molecular complexity index is 301. The van der Waals surface area contributed by atoms with Gasteiger partial charge in [0.25, 0.3) is 0 Å². The molecule has 70 valence electrons. The van der Waals surface area contributed by atoms with E-state index < -0.39 is 0 Å². The van der Waals surface area contributed by atoms with Crippen LogP contribution < -0.4 is 4.74 Å². The lowest BCUT2D eigenvalue weighted by molar-refractivity contribution is 0.102. The van der Waals surface area contributed by atoms with Gasteiger partial charge in [-0.2, -0.15) is 0 Å². The van der Waals surface area contributed by atoms with Crippen LogP contribution in [0.5, 0.6) is 5.75 Å². The first-order valence-corrected chi connectivity index (χ1v) is 5.07. The molecule has 0 spiro atoms. The molecule has 1 aromatic rings. The lowest BCUT2D eigenvalue weighted by atomic mass is 10.2. The minimum atomic E-state index is -0.0171. The number of nitrogens with zero attached hydrogens (tertiary/aromatic N) is 1. The minimum Gasteiger partial charge on any atom is -0.493 e. The highest BCUT2D eigenvalue weighted by Crippen LogP contribution is 2.17. The Hall–Kier alpha value is -0.900. The van der Waals surface area contributed by atoms with Crippen molar-refractivity contribution in [3.63, 3.8) is 0 Å². The van der Waals surface area contributed by atoms with Crippen molar-refractivity contribution in [2.75, 3.05) is 11.9 Å². The number of hydrogen-bond donors (Lipinski definition) is 0. The van der Waals surface area contributed by atoms with Crippen LogP contribution in [0.25, 0.3) is 0 Å². The van der Waals surface area contributed by atoms with Gasteiger partial charge in [-0.05, 0) is 13.0 Å².